The van der Waals surface area contributed by atoms with Crippen LogP contribution in [0.1, 0.15) is 69.6 Å². The Morgan fingerprint density at radius 3 is 2.50 bits per heavy atom. The molecule has 0 saturated carbocycles. The molecule has 2 rings (SSSR count). The number of aliphatic hydroxyl groups excluding tert-OH is 1. The third-order valence-electron chi connectivity index (χ3n) is 5.08. The van der Waals surface area contributed by atoms with Gasteiger partial charge in [0, 0.05) is 19.2 Å². The van der Waals surface area contributed by atoms with Crippen LogP contribution in [-0.4, -0.2) is 37.5 Å². The van der Waals surface area contributed by atoms with E-state index in [2.05, 4.69) is 10.4 Å². The van der Waals surface area contributed by atoms with E-state index in [0.29, 0.717) is 0 Å². The first kappa shape index (κ1) is 23.6. The Bertz CT molecular complexity index is 934. The summed E-state index contributed by atoms with van der Waals surface area (Å²) >= 11 is 0. The van der Waals surface area contributed by atoms with E-state index in [9.17, 15) is 19.1 Å². The molecule has 0 fully saturated rings. The Hall–Kier alpha value is -2.68. The molecule has 0 unspecified atom stereocenters. The predicted molar refractivity (Wildman–Crippen MR) is 112 cm³/mol. The number of hydrogen-bond donors (Lipinski definition) is 2. The number of carbonyl (C=O) groups is 1. The van der Waals surface area contributed by atoms with Gasteiger partial charge in [0.1, 0.15) is 23.9 Å². The van der Waals surface area contributed by atoms with Crippen LogP contribution in [0, 0.1) is 5.82 Å². The molecule has 166 valence electrons. The maximum absolute atomic E-state index is 15.0. The van der Waals surface area contributed by atoms with E-state index in [1.54, 1.807) is 0 Å². The van der Waals surface area contributed by atoms with Crippen molar-refractivity contribution in [2.45, 2.75) is 72.1 Å². The number of benzene rings is 1. The summed E-state index contributed by atoms with van der Waals surface area (Å²) in [4.78, 5) is 25.3. The minimum absolute atomic E-state index is 0.0355. The first-order valence-electron chi connectivity index (χ1n) is 10.3. The second kappa shape index (κ2) is 10.4. The average Bonchev–Trinajstić information content (AvgIpc) is 3.01. The molecular formula is C21H31FN4O4. The van der Waals surface area contributed by atoms with Gasteiger partial charge in [-0.15, -0.1) is 5.10 Å². The summed E-state index contributed by atoms with van der Waals surface area (Å²) in [5.41, 5.74) is -0.690. The Labute approximate surface area is 175 Å². The van der Waals surface area contributed by atoms with Gasteiger partial charge in [0.25, 0.3) is 5.91 Å². The van der Waals surface area contributed by atoms with Crippen molar-refractivity contribution in [2.75, 3.05) is 0 Å². The largest absolute Gasteiger partial charge is 0.490 e. The highest BCUT2D eigenvalue weighted by Gasteiger charge is 2.23. The van der Waals surface area contributed by atoms with Gasteiger partial charge in [0.15, 0.2) is 5.82 Å². The lowest BCUT2D eigenvalue weighted by atomic mass is 10.1. The first-order chi connectivity index (χ1) is 14.3. The Kier molecular flexibility index (Phi) is 8.16. The average molecular weight is 423 g/mol. The van der Waals surface area contributed by atoms with Crippen LogP contribution in [0.4, 0.5) is 4.39 Å². The third-order valence-corrected chi connectivity index (χ3v) is 5.08. The number of nitrogens with one attached hydrogen (secondary N) is 1. The van der Waals surface area contributed by atoms with E-state index in [1.807, 2.05) is 27.7 Å². The van der Waals surface area contributed by atoms with E-state index in [4.69, 9.17) is 4.74 Å². The molecule has 1 amide bonds. The molecule has 1 heterocycles. The molecule has 8 nitrogen and oxygen atoms in total. The van der Waals surface area contributed by atoms with E-state index in [-0.39, 0.29) is 35.0 Å². The van der Waals surface area contributed by atoms with Gasteiger partial charge in [-0.25, -0.2) is 9.18 Å². The number of ether oxygens (including phenoxy) is 1. The maximum atomic E-state index is 15.0. The van der Waals surface area contributed by atoms with Gasteiger partial charge in [0.2, 0.25) is 0 Å². The van der Waals surface area contributed by atoms with Crippen molar-refractivity contribution in [3.8, 4) is 11.4 Å². The molecule has 0 aliphatic carbocycles. The predicted octanol–water partition coefficient (Wildman–Crippen LogP) is 2.69. The van der Waals surface area contributed by atoms with Gasteiger partial charge in [-0.2, -0.15) is 4.68 Å². The Balaban J connectivity index is 2.57. The van der Waals surface area contributed by atoms with Crippen molar-refractivity contribution in [1.29, 1.82) is 0 Å². The number of hydrogen-bond acceptors (Lipinski definition) is 5. The second-order valence-electron chi connectivity index (χ2n) is 7.33. The summed E-state index contributed by atoms with van der Waals surface area (Å²) < 4.78 is 22.9. The highest BCUT2D eigenvalue weighted by molar-refractivity contribution is 5.97. The van der Waals surface area contributed by atoms with Crippen molar-refractivity contribution in [1.82, 2.24) is 19.7 Å². The number of carbonyl (C=O) groups excluding carboxylic acids is 1. The second-order valence-corrected chi connectivity index (χ2v) is 7.33. The van der Waals surface area contributed by atoms with Crippen molar-refractivity contribution >= 4 is 5.91 Å². The molecule has 0 bridgehead atoms. The normalized spacial score (nSPS) is 12.3. The minimum atomic E-state index is -0.787. The van der Waals surface area contributed by atoms with E-state index < -0.39 is 24.0 Å². The number of amides is 1. The lowest BCUT2D eigenvalue weighted by molar-refractivity contribution is 0.0927. The molecule has 0 radical (unpaired) electrons. The summed E-state index contributed by atoms with van der Waals surface area (Å²) in [5, 5.41) is 16.2. The van der Waals surface area contributed by atoms with E-state index in [1.165, 1.54) is 13.1 Å². The Morgan fingerprint density at radius 1 is 1.30 bits per heavy atom. The molecule has 0 spiro atoms. The van der Waals surface area contributed by atoms with Crippen LogP contribution >= 0.6 is 0 Å². The number of rotatable bonds is 10. The van der Waals surface area contributed by atoms with Gasteiger partial charge in [-0.05, 0) is 32.3 Å². The van der Waals surface area contributed by atoms with Crippen LogP contribution in [0.2, 0.25) is 0 Å². The fourth-order valence-corrected chi connectivity index (χ4v) is 3.19. The third kappa shape index (κ3) is 5.08. The highest BCUT2D eigenvalue weighted by Crippen LogP contribution is 2.27. The van der Waals surface area contributed by atoms with E-state index in [0.717, 1.165) is 41.0 Å². The summed E-state index contributed by atoms with van der Waals surface area (Å²) in [6, 6.07) is 2.35. The molecule has 1 aromatic carbocycles. The summed E-state index contributed by atoms with van der Waals surface area (Å²) in [6.45, 7) is 7.34. The standard InChI is InChI=1S/C21H31FN4O4/c1-6-9-13(4)30-18-11-17(26-21(29)25(5)19(12-27)24-26)16(22)10-15(18)20(28)23-14(7-2)8-3/h10-11,13-14,27H,6-9,12H2,1-5H3,(H,23,28)/t13-/m0/s1. The van der Waals surface area contributed by atoms with Gasteiger partial charge < -0.3 is 15.2 Å². The van der Waals surface area contributed by atoms with Crippen LogP contribution < -0.4 is 15.7 Å². The number of halogens is 1. The van der Waals surface area contributed by atoms with Crippen molar-refractivity contribution in [3.05, 3.63) is 39.8 Å². The number of nitrogens with zero attached hydrogens (tertiary/aromatic N) is 3. The van der Waals surface area contributed by atoms with Crippen molar-refractivity contribution < 1.29 is 19.0 Å². The van der Waals surface area contributed by atoms with Gasteiger partial charge >= 0.3 is 5.69 Å². The fraction of sp³-hybridized carbons (Fsp3) is 0.571. The van der Waals surface area contributed by atoms with Crippen LogP contribution in [0.25, 0.3) is 5.69 Å². The van der Waals surface area contributed by atoms with Crippen LogP contribution in [-0.2, 0) is 13.7 Å². The maximum Gasteiger partial charge on any atom is 0.350 e. The molecule has 1 aromatic heterocycles. The molecule has 0 aliphatic rings. The monoisotopic (exact) mass is 422 g/mol. The minimum Gasteiger partial charge on any atom is -0.490 e. The SMILES string of the molecule is CCC[C@H](C)Oc1cc(-n2nc(CO)n(C)c2=O)c(F)cc1C(=O)NC(CC)CC. The smallest absolute Gasteiger partial charge is 0.350 e. The lowest BCUT2D eigenvalue weighted by Gasteiger charge is -2.20. The zero-order valence-electron chi connectivity index (χ0n) is 18.2. The van der Waals surface area contributed by atoms with Gasteiger partial charge in [-0.3, -0.25) is 9.36 Å². The zero-order chi connectivity index (χ0) is 22.4. The number of aliphatic hydroxyl groups is 1. The molecule has 30 heavy (non-hydrogen) atoms. The van der Waals surface area contributed by atoms with Crippen molar-refractivity contribution in [3.63, 3.8) is 0 Å². The molecular weight excluding hydrogens is 391 g/mol. The Morgan fingerprint density at radius 2 is 1.97 bits per heavy atom. The molecule has 2 aromatic rings. The van der Waals surface area contributed by atoms with Crippen LogP contribution in [0.15, 0.2) is 16.9 Å². The fourth-order valence-electron chi connectivity index (χ4n) is 3.19. The molecule has 2 N–H and O–H groups in total. The summed E-state index contributed by atoms with van der Waals surface area (Å²) in [5.74, 6) is -0.946. The first-order valence-corrected chi connectivity index (χ1v) is 10.3. The van der Waals surface area contributed by atoms with Crippen LogP contribution in [0.3, 0.4) is 0 Å². The summed E-state index contributed by atoms with van der Waals surface area (Å²) in [7, 11) is 1.44. The van der Waals surface area contributed by atoms with Crippen LogP contribution in [0.5, 0.6) is 5.75 Å². The van der Waals surface area contributed by atoms with Gasteiger partial charge in [-0.1, -0.05) is 27.2 Å². The summed E-state index contributed by atoms with van der Waals surface area (Å²) in [6.07, 6.45) is 2.92. The quantitative estimate of drug-likeness (QED) is 0.613. The number of aromatic nitrogens is 3. The molecule has 9 heteroatoms. The van der Waals surface area contributed by atoms with Crippen molar-refractivity contribution in [2.24, 2.45) is 7.05 Å². The van der Waals surface area contributed by atoms with E-state index >= 15 is 0 Å². The molecule has 1 atom stereocenters. The molecule has 0 saturated heterocycles. The lowest BCUT2D eigenvalue weighted by Crippen LogP contribution is -2.34. The topological polar surface area (TPSA) is 98.4 Å². The zero-order valence-corrected chi connectivity index (χ0v) is 18.2. The highest BCUT2D eigenvalue weighted by atomic mass is 19.1. The molecule has 0 aliphatic heterocycles. The van der Waals surface area contributed by atoms with Gasteiger partial charge in [0.05, 0.1) is 11.7 Å².